The molecule has 1 heterocycles. The first-order valence-corrected chi connectivity index (χ1v) is 8.82. The molecule has 1 fully saturated rings. The van der Waals surface area contributed by atoms with Gasteiger partial charge in [0.05, 0.1) is 11.6 Å². The van der Waals surface area contributed by atoms with Crippen LogP contribution in [-0.4, -0.2) is 19.1 Å². The van der Waals surface area contributed by atoms with E-state index in [-0.39, 0.29) is 11.5 Å². The third-order valence-electron chi connectivity index (χ3n) is 5.96. The highest BCUT2D eigenvalue weighted by molar-refractivity contribution is 9.10. The molecule has 1 aromatic rings. The van der Waals surface area contributed by atoms with Gasteiger partial charge in [-0.05, 0) is 61.4 Å². The number of hydrogen-bond donors (Lipinski definition) is 1. The van der Waals surface area contributed by atoms with Crippen LogP contribution in [-0.2, 0) is 21.5 Å². The number of ether oxygens (including phenoxy) is 1. The molecule has 1 aromatic carbocycles. The molecule has 0 radical (unpaired) electrons. The van der Waals surface area contributed by atoms with Crippen molar-refractivity contribution in [3.05, 3.63) is 45.7 Å². The summed E-state index contributed by atoms with van der Waals surface area (Å²) in [6.45, 7) is 0. The van der Waals surface area contributed by atoms with Gasteiger partial charge in [0.25, 0.3) is 5.91 Å². The van der Waals surface area contributed by atoms with Crippen molar-refractivity contribution in [2.75, 3.05) is 7.11 Å². The maximum atomic E-state index is 14.1. The highest BCUT2D eigenvalue weighted by Gasteiger charge is 2.60. The number of halogens is 2. The standard InChI is InChI=1S/C18H19BrFNO2/c1-23-13-4-6-17(7-5-13)9-11-2-3-12(19)8-14(11)18(17)10-15(20)16(22)21-18/h2-3,8,10,13H,4-7,9H2,1H3,(H,21,22). The first kappa shape index (κ1) is 15.3. The van der Waals surface area contributed by atoms with Gasteiger partial charge in [0, 0.05) is 17.0 Å². The Labute approximate surface area is 143 Å². The summed E-state index contributed by atoms with van der Waals surface area (Å²) in [4.78, 5) is 12.0. The summed E-state index contributed by atoms with van der Waals surface area (Å²) in [5.74, 6) is -1.25. The Morgan fingerprint density at radius 2 is 2.09 bits per heavy atom. The number of benzene rings is 1. The van der Waals surface area contributed by atoms with Crippen molar-refractivity contribution < 1.29 is 13.9 Å². The molecular weight excluding hydrogens is 361 g/mol. The quantitative estimate of drug-likeness (QED) is 0.806. The Morgan fingerprint density at radius 3 is 2.70 bits per heavy atom. The van der Waals surface area contributed by atoms with E-state index in [9.17, 15) is 9.18 Å². The smallest absolute Gasteiger partial charge is 0.280 e. The van der Waals surface area contributed by atoms with Crippen molar-refractivity contribution in [2.24, 2.45) is 5.41 Å². The number of rotatable bonds is 1. The zero-order valence-corrected chi connectivity index (χ0v) is 14.6. The van der Waals surface area contributed by atoms with Gasteiger partial charge in [-0.15, -0.1) is 0 Å². The lowest BCUT2D eigenvalue weighted by Crippen LogP contribution is -2.53. The third kappa shape index (κ3) is 2.06. The number of methoxy groups -OCH3 is 1. The van der Waals surface area contributed by atoms with E-state index in [4.69, 9.17) is 4.74 Å². The summed E-state index contributed by atoms with van der Waals surface area (Å²) in [6.07, 6.45) is 6.39. The minimum Gasteiger partial charge on any atom is -0.381 e. The summed E-state index contributed by atoms with van der Waals surface area (Å²) in [5.41, 5.74) is 1.36. The Hall–Kier alpha value is -1.20. The molecule has 1 saturated carbocycles. The van der Waals surface area contributed by atoms with Crippen molar-refractivity contribution in [3.63, 3.8) is 0 Å². The zero-order chi connectivity index (χ0) is 16.2. The van der Waals surface area contributed by atoms with Gasteiger partial charge in [0.1, 0.15) is 0 Å². The predicted octanol–water partition coefficient (Wildman–Crippen LogP) is 3.76. The van der Waals surface area contributed by atoms with Crippen LogP contribution in [0.3, 0.4) is 0 Å². The van der Waals surface area contributed by atoms with Crippen LogP contribution in [0.1, 0.15) is 36.8 Å². The van der Waals surface area contributed by atoms with Gasteiger partial charge in [-0.3, -0.25) is 4.79 Å². The monoisotopic (exact) mass is 379 g/mol. The van der Waals surface area contributed by atoms with E-state index >= 15 is 0 Å². The molecule has 23 heavy (non-hydrogen) atoms. The van der Waals surface area contributed by atoms with Crippen LogP contribution in [0.4, 0.5) is 4.39 Å². The van der Waals surface area contributed by atoms with Gasteiger partial charge in [0.15, 0.2) is 5.83 Å². The first-order valence-electron chi connectivity index (χ1n) is 8.02. The average molecular weight is 380 g/mol. The second kappa shape index (κ2) is 5.15. The SMILES string of the molecule is COC1CCC2(CC1)Cc1ccc(Br)cc1C21C=C(F)C(=O)N1. The molecule has 122 valence electrons. The van der Waals surface area contributed by atoms with E-state index in [0.717, 1.165) is 42.1 Å². The molecule has 0 bridgehead atoms. The normalized spacial score (nSPS) is 35.5. The van der Waals surface area contributed by atoms with E-state index in [1.807, 2.05) is 12.1 Å². The van der Waals surface area contributed by atoms with Crippen molar-refractivity contribution in [1.82, 2.24) is 5.32 Å². The molecule has 2 aliphatic carbocycles. The molecular formula is C18H19BrFNO2. The van der Waals surface area contributed by atoms with Gasteiger partial charge in [-0.2, -0.15) is 0 Å². The van der Waals surface area contributed by atoms with Gasteiger partial charge >= 0.3 is 0 Å². The molecule has 0 aromatic heterocycles. The van der Waals surface area contributed by atoms with Crippen molar-refractivity contribution in [2.45, 2.75) is 43.7 Å². The minimum atomic E-state index is -0.716. The number of amides is 1. The number of carbonyl (C=O) groups is 1. The molecule has 5 heteroatoms. The van der Waals surface area contributed by atoms with Crippen LogP contribution in [0.25, 0.3) is 0 Å². The van der Waals surface area contributed by atoms with Gasteiger partial charge in [-0.1, -0.05) is 22.0 Å². The van der Waals surface area contributed by atoms with Crippen LogP contribution in [0, 0.1) is 5.41 Å². The Balaban J connectivity index is 1.84. The molecule has 1 atom stereocenters. The number of carbonyl (C=O) groups excluding carboxylic acids is 1. The first-order chi connectivity index (χ1) is 11.0. The molecule has 2 spiro atoms. The van der Waals surface area contributed by atoms with Crippen LogP contribution in [0.15, 0.2) is 34.6 Å². The predicted molar refractivity (Wildman–Crippen MR) is 88.6 cm³/mol. The topological polar surface area (TPSA) is 38.3 Å². The summed E-state index contributed by atoms with van der Waals surface area (Å²) in [6, 6.07) is 6.14. The summed E-state index contributed by atoms with van der Waals surface area (Å²) < 4.78 is 20.6. The lowest BCUT2D eigenvalue weighted by molar-refractivity contribution is -0.120. The molecule has 1 N–H and O–H groups in total. The van der Waals surface area contributed by atoms with E-state index < -0.39 is 17.3 Å². The molecule has 1 amide bonds. The van der Waals surface area contributed by atoms with Crippen LogP contribution in [0.5, 0.6) is 0 Å². The molecule has 3 nitrogen and oxygen atoms in total. The van der Waals surface area contributed by atoms with Crippen LogP contribution >= 0.6 is 15.9 Å². The van der Waals surface area contributed by atoms with Gasteiger partial charge in [-0.25, -0.2) is 4.39 Å². The van der Waals surface area contributed by atoms with E-state index in [1.54, 1.807) is 7.11 Å². The molecule has 1 aliphatic heterocycles. The van der Waals surface area contributed by atoms with Crippen molar-refractivity contribution in [1.29, 1.82) is 0 Å². The fourth-order valence-electron chi connectivity index (χ4n) is 4.77. The fraction of sp³-hybridized carbons (Fsp3) is 0.500. The fourth-order valence-corrected chi connectivity index (χ4v) is 5.13. The van der Waals surface area contributed by atoms with Crippen LogP contribution in [0.2, 0.25) is 0 Å². The van der Waals surface area contributed by atoms with E-state index in [2.05, 4.69) is 27.3 Å². The van der Waals surface area contributed by atoms with Crippen LogP contribution < -0.4 is 5.32 Å². The molecule has 0 saturated heterocycles. The molecule has 4 rings (SSSR count). The Morgan fingerprint density at radius 1 is 1.35 bits per heavy atom. The minimum absolute atomic E-state index is 0.158. The van der Waals surface area contributed by atoms with E-state index in [0.29, 0.717) is 0 Å². The maximum Gasteiger partial charge on any atom is 0.280 e. The highest BCUT2D eigenvalue weighted by Crippen LogP contribution is 2.60. The van der Waals surface area contributed by atoms with Crippen molar-refractivity contribution >= 4 is 21.8 Å². The van der Waals surface area contributed by atoms with Gasteiger partial charge < -0.3 is 10.1 Å². The summed E-state index contributed by atoms with van der Waals surface area (Å²) in [7, 11) is 1.75. The summed E-state index contributed by atoms with van der Waals surface area (Å²) in [5, 5.41) is 2.99. The maximum absolute atomic E-state index is 14.1. The highest BCUT2D eigenvalue weighted by atomic mass is 79.9. The second-order valence-electron chi connectivity index (χ2n) is 6.95. The lowest BCUT2D eigenvalue weighted by atomic mass is 9.62. The zero-order valence-electron chi connectivity index (χ0n) is 13.0. The second-order valence-corrected chi connectivity index (χ2v) is 7.86. The lowest BCUT2D eigenvalue weighted by Gasteiger charge is -2.47. The number of nitrogens with one attached hydrogen (secondary N) is 1. The number of fused-ring (bicyclic) bond motifs is 3. The van der Waals surface area contributed by atoms with Gasteiger partial charge in [0.2, 0.25) is 0 Å². The van der Waals surface area contributed by atoms with E-state index in [1.165, 1.54) is 11.6 Å². The Kier molecular flexibility index (Phi) is 3.43. The van der Waals surface area contributed by atoms with Crippen molar-refractivity contribution in [3.8, 4) is 0 Å². The molecule has 3 aliphatic rings. The molecule has 1 unspecified atom stereocenters. The third-order valence-corrected chi connectivity index (χ3v) is 6.45. The average Bonchev–Trinajstić information content (AvgIpc) is 2.97. The summed E-state index contributed by atoms with van der Waals surface area (Å²) >= 11 is 3.51. The number of hydrogen-bond acceptors (Lipinski definition) is 2. The largest absolute Gasteiger partial charge is 0.381 e. The Bertz CT molecular complexity index is 709.